The molecule has 0 amide bonds. The van der Waals surface area contributed by atoms with Gasteiger partial charge in [-0.1, -0.05) is 0 Å². The van der Waals surface area contributed by atoms with E-state index >= 15 is 0 Å². The minimum atomic E-state index is -3.50. The highest BCUT2D eigenvalue weighted by Crippen LogP contribution is 2.32. The summed E-state index contributed by atoms with van der Waals surface area (Å²) in [5, 5.41) is -3.50. The second-order valence-corrected chi connectivity index (χ2v) is 3.79. The third kappa shape index (κ3) is 2.39. The highest BCUT2D eigenvalue weighted by Gasteiger charge is 2.33. The topological polar surface area (TPSA) is 27.1 Å². The fraction of sp³-hybridized carbons (Fsp3) is 0.182. The van der Waals surface area contributed by atoms with Crippen LogP contribution in [0.5, 0.6) is 5.75 Å². The molecule has 0 N–H and O–H groups in total. The lowest BCUT2D eigenvalue weighted by Crippen LogP contribution is -2.12. The van der Waals surface area contributed by atoms with Crippen LogP contribution < -0.4 is 4.74 Å². The lowest BCUT2D eigenvalue weighted by Gasteiger charge is -2.11. The quantitative estimate of drug-likeness (QED) is 0.791. The number of rotatable bonds is 3. The van der Waals surface area contributed by atoms with Crippen LogP contribution in [0.25, 0.3) is 5.69 Å². The van der Waals surface area contributed by atoms with Crippen molar-refractivity contribution in [3.8, 4) is 11.4 Å². The van der Waals surface area contributed by atoms with Gasteiger partial charge in [0.15, 0.2) is 0 Å². The molecule has 0 bridgehead atoms. The molecule has 0 radical (unpaired) electrons. The molecule has 0 aliphatic rings. The van der Waals surface area contributed by atoms with Crippen LogP contribution in [0.15, 0.2) is 36.7 Å². The van der Waals surface area contributed by atoms with Crippen LogP contribution in [-0.4, -0.2) is 16.7 Å². The summed E-state index contributed by atoms with van der Waals surface area (Å²) in [6.07, 6.45) is 2.70. The van der Waals surface area contributed by atoms with E-state index in [2.05, 4.69) is 4.98 Å². The van der Waals surface area contributed by atoms with Gasteiger partial charge in [0.2, 0.25) is 5.82 Å². The van der Waals surface area contributed by atoms with Crippen molar-refractivity contribution in [2.45, 2.75) is 5.38 Å². The van der Waals surface area contributed by atoms with Gasteiger partial charge in [-0.2, -0.15) is 8.78 Å². The molecule has 1 heterocycles. The lowest BCUT2D eigenvalue weighted by atomic mass is 10.3. The van der Waals surface area contributed by atoms with Crippen LogP contribution in [0, 0.1) is 0 Å². The summed E-state index contributed by atoms with van der Waals surface area (Å²) >= 11 is 4.97. The summed E-state index contributed by atoms with van der Waals surface area (Å²) < 4.78 is 32.3. The predicted octanol–water partition coefficient (Wildman–Crippen LogP) is 3.17. The van der Waals surface area contributed by atoms with Gasteiger partial charge in [0, 0.05) is 18.1 Å². The minimum Gasteiger partial charge on any atom is -0.497 e. The standard InChI is InChI=1S/C11H9ClF2N2O/c1-17-9-4-2-8(3-5-9)16-7-6-15-10(16)11(12,13)14/h2-7H,1H3. The van der Waals surface area contributed by atoms with Crippen LogP contribution in [0.2, 0.25) is 0 Å². The Morgan fingerprint density at radius 1 is 1.29 bits per heavy atom. The van der Waals surface area contributed by atoms with Gasteiger partial charge in [-0.05, 0) is 35.9 Å². The van der Waals surface area contributed by atoms with Gasteiger partial charge in [-0.15, -0.1) is 0 Å². The molecular formula is C11H9ClF2N2O. The number of hydrogen-bond donors (Lipinski definition) is 0. The first-order valence-electron chi connectivity index (χ1n) is 4.77. The highest BCUT2D eigenvalue weighted by molar-refractivity contribution is 6.21. The van der Waals surface area contributed by atoms with E-state index in [-0.39, 0.29) is 0 Å². The SMILES string of the molecule is COc1ccc(-n2ccnc2C(F)(F)Cl)cc1. The predicted molar refractivity (Wildman–Crippen MR) is 59.9 cm³/mol. The van der Waals surface area contributed by atoms with E-state index in [1.165, 1.54) is 24.1 Å². The fourth-order valence-corrected chi connectivity index (χ4v) is 1.60. The van der Waals surface area contributed by atoms with Crippen LogP contribution in [0.4, 0.5) is 8.78 Å². The summed E-state index contributed by atoms with van der Waals surface area (Å²) in [5.41, 5.74) is 0.540. The minimum absolute atomic E-state index is 0.510. The first kappa shape index (κ1) is 11.9. The number of nitrogens with zero attached hydrogens (tertiary/aromatic N) is 2. The lowest BCUT2D eigenvalue weighted by molar-refractivity contribution is 0.0828. The first-order valence-corrected chi connectivity index (χ1v) is 5.15. The van der Waals surface area contributed by atoms with Gasteiger partial charge in [-0.25, -0.2) is 4.98 Å². The maximum absolute atomic E-state index is 13.0. The Kier molecular flexibility index (Phi) is 3.02. The van der Waals surface area contributed by atoms with Crippen molar-refractivity contribution in [2.75, 3.05) is 7.11 Å². The van der Waals surface area contributed by atoms with Crippen LogP contribution in [0.3, 0.4) is 0 Å². The van der Waals surface area contributed by atoms with E-state index in [0.717, 1.165) is 0 Å². The van der Waals surface area contributed by atoms with Gasteiger partial charge in [-0.3, -0.25) is 4.57 Å². The summed E-state index contributed by atoms with van der Waals surface area (Å²) in [7, 11) is 1.53. The molecule has 3 nitrogen and oxygen atoms in total. The second-order valence-electron chi connectivity index (χ2n) is 3.32. The third-order valence-electron chi connectivity index (χ3n) is 2.24. The normalized spacial score (nSPS) is 11.5. The molecule has 0 aliphatic carbocycles. The molecule has 0 spiro atoms. The Morgan fingerprint density at radius 2 is 1.94 bits per heavy atom. The molecule has 0 saturated carbocycles. The number of aromatic nitrogens is 2. The van der Waals surface area contributed by atoms with Gasteiger partial charge in [0.05, 0.1) is 7.11 Å². The van der Waals surface area contributed by atoms with Crippen molar-refractivity contribution in [2.24, 2.45) is 0 Å². The molecule has 2 rings (SSSR count). The number of halogens is 3. The molecule has 17 heavy (non-hydrogen) atoms. The fourth-order valence-electron chi connectivity index (χ4n) is 1.46. The van der Waals surface area contributed by atoms with E-state index in [1.807, 2.05) is 0 Å². The largest absolute Gasteiger partial charge is 0.497 e. The third-order valence-corrected chi connectivity index (χ3v) is 2.41. The molecule has 2 aromatic rings. The number of alkyl halides is 3. The molecule has 0 atom stereocenters. The average Bonchev–Trinajstić information content (AvgIpc) is 2.78. The van der Waals surface area contributed by atoms with Crippen molar-refractivity contribution < 1.29 is 13.5 Å². The van der Waals surface area contributed by atoms with Gasteiger partial charge in [0.25, 0.3) is 0 Å². The van der Waals surface area contributed by atoms with Gasteiger partial charge < -0.3 is 4.74 Å². The zero-order valence-electron chi connectivity index (χ0n) is 8.90. The zero-order chi connectivity index (χ0) is 12.5. The van der Waals surface area contributed by atoms with Crippen LogP contribution in [-0.2, 0) is 5.38 Å². The van der Waals surface area contributed by atoms with E-state index < -0.39 is 11.2 Å². The Balaban J connectivity index is 2.43. The first-order chi connectivity index (χ1) is 8.02. The van der Waals surface area contributed by atoms with Crippen LogP contribution >= 0.6 is 11.6 Å². The molecule has 0 unspecified atom stereocenters. The molecule has 0 aliphatic heterocycles. The van der Waals surface area contributed by atoms with E-state index in [1.54, 1.807) is 24.3 Å². The van der Waals surface area contributed by atoms with Gasteiger partial charge in [0.1, 0.15) is 5.75 Å². The number of imidazole rings is 1. The Labute approximate surface area is 102 Å². The van der Waals surface area contributed by atoms with Gasteiger partial charge >= 0.3 is 5.38 Å². The molecule has 90 valence electrons. The van der Waals surface area contributed by atoms with Crippen molar-refractivity contribution in [1.29, 1.82) is 0 Å². The number of ether oxygens (including phenoxy) is 1. The summed E-state index contributed by atoms with van der Waals surface area (Å²) in [6.45, 7) is 0. The van der Waals surface area contributed by atoms with E-state index in [9.17, 15) is 8.78 Å². The maximum atomic E-state index is 13.0. The highest BCUT2D eigenvalue weighted by atomic mass is 35.5. The van der Waals surface area contributed by atoms with Crippen molar-refractivity contribution in [1.82, 2.24) is 9.55 Å². The maximum Gasteiger partial charge on any atom is 0.380 e. The van der Waals surface area contributed by atoms with E-state index in [0.29, 0.717) is 11.4 Å². The summed E-state index contributed by atoms with van der Waals surface area (Å²) in [4.78, 5) is 3.56. The Hall–Kier alpha value is -1.62. The number of benzene rings is 1. The summed E-state index contributed by atoms with van der Waals surface area (Å²) in [6, 6.07) is 6.64. The molecule has 1 aromatic heterocycles. The van der Waals surface area contributed by atoms with Crippen molar-refractivity contribution in [3.05, 3.63) is 42.5 Å². The Morgan fingerprint density at radius 3 is 2.47 bits per heavy atom. The average molecular weight is 259 g/mol. The number of methoxy groups -OCH3 is 1. The summed E-state index contributed by atoms with van der Waals surface area (Å²) in [5.74, 6) is 0.136. The number of hydrogen-bond acceptors (Lipinski definition) is 2. The molecular weight excluding hydrogens is 250 g/mol. The molecule has 1 aromatic carbocycles. The van der Waals surface area contributed by atoms with E-state index in [4.69, 9.17) is 16.3 Å². The second kappa shape index (κ2) is 4.33. The molecule has 0 fully saturated rings. The van der Waals surface area contributed by atoms with Crippen molar-refractivity contribution >= 4 is 11.6 Å². The van der Waals surface area contributed by atoms with Crippen LogP contribution in [0.1, 0.15) is 5.82 Å². The zero-order valence-corrected chi connectivity index (χ0v) is 9.66. The van der Waals surface area contributed by atoms with Crippen molar-refractivity contribution in [3.63, 3.8) is 0 Å². The molecule has 6 heteroatoms. The monoisotopic (exact) mass is 258 g/mol. The smallest absolute Gasteiger partial charge is 0.380 e. The Bertz CT molecular complexity index is 505. The molecule has 0 saturated heterocycles.